The van der Waals surface area contributed by atoms with E-state index in [1.807, 2.05) is 6.92 Å². The van der Waals surface area contributed by atoms with E-state index in [4.69, 9.17) is 0 Å². The van der Waals surface area contributed by atoms with Crippen LogP contribution < -0.4 is 0 Å². The Labute approximate surface area is 134 Å². The van der Waals surface area contributed by atoms with Gasteiger partial charge in [-0.05, 0) is 31.2 Å². The van der Waals surface area contributed by atoms with Gasteiger partial charge in [0.25, 0.3) is 11.8 Å². The maximum Gasteiger partial charge on any atom is 0.282 e. The second-order valence-electron chi connectivity index (χ2n) is 5.10. The van der Waals surface area contributed by atoms with Gasteiger partial charge in [-0.3, -0.25) is 9.59 Å². The van der Waals surface area contributed by atoms with Crippen molar-refractivity contribution in [2.45, 2.75) is 11.8 Å². The average molecular weight is 326 g/mol. The van der Waals surface area contributed by atoms with Gasteiger partial charge < -0.3 is 0 Å². The van der Waals surface area contributed by atoms with E-state index in [0.29, 0.717) is 9.90 Å². The van der Waals surface area contributed by atoms with Gasteiger partial charge >= 0.3 is 0 Å². The number of nitrogens with zero attached hydrogens (tertiary/aromatic N) is 2. The number of hydrogen-bond acceptors (Lipinski definition) is 4. The van der Waals surface area contributed by atoms with Crippen LogP contribution in [-0.2, 0) is 9.73 Å². The predicted octanol–water partition coefficient (Wildman–Crippen LogP) is 3.18. The maximum absolute atomic E-state index is 13.0. The van der Waals surface area contributed by atoms with Gasteiger partial charge in [0.2, 0.25) is 0 Å². The highest BCUT2D eigenvalue weighted by Gasteiger charge is 2.36. The molecule has 1 aliphatic heterocycles. The van der Waals surface area contributed by atoms with Crippen LogP contribution in [0.1, 0.15) is 26.3 Å². The molecule has 1 unspecified atom stereocenters. The van der Waals surface area contributed by atoms with Crippen molar-refractivity contribution in [1.82, 2.24) is 5.01 Å². The summed E-state index contributed by atoms with van der Waals surface area (Å²) in [6, 6.07) is 13.3. The maximum atomic E-state index is 13.0. The fourth-order valence-electron chi connectivity index (χ4n) is 2.28. The van der Waals surface area contributed by atoms with E-state index >= 15 is 0 Å². The molecule has 23 heavy (non-hydrogen) atoms. The van der Waals surface area contributed by atoms with Gasteiger partial charge in [-0.1, -0.05) is 36.4 Å². The van der Waals surface area contributed by atoms with E-state index in [1.54, 1.807) is 48.5 Å². The molecule has 0 fully saturated rings. The zero-order valence-electron chi connectivity index (χ0n) is 12.4. The molecule has 3 rings (SSSR count). The standard InChI is InChI=1S/C17H14N2O3S/c1-3-23(22,13-10-8-12(2)9-11-13)18-19-16(20)14-6-4-5-7-15(14)17(19)21/h3-11H,1H2,2H3. The molecule has 1 atom stereocenters. The Morgan fingerprint density at radius 2 is 1.52 bits per heavy atom. The van der Waals surface area contributed by atoms with Gasteiger partial charge in [0.05, 0.1) is 16.0 Å². The summed E-state index contributed by atoms with van der Waals surface area (Å²) in [5, 5.41) is 1.84. The van der Waals surface area contributed by atoms with Gasteiger partial charge in [-0.25, -0.2) is 4.21 Å². The first-order valence-electron chi connectivity index (χ1n) is 6.90. The van der Waals surface area contributed by atoms with Gasteiger partial charge in [0.1, 0.15) is 9.73 Å². The van der Waals surface area contributed by atoms with E-state index in [9.17, 15) is 13.8 Å². The van der Waals surface area contributed by atoms with Crippen LogP contribution >= 0.6 is 0 Å². The number of carbonyl (C=O) groups is 2. The molecule has 1 aliphatic rings. The minimum absolute atomic E-state index is 0.260. The van der Waals surface area contributed by atoms with Crippen molar-refractivity contribution in [3.8, 4) is 0 Å². The number of benzene rings is 2. The molecule has 5 nitrogen and oxygen atoms in total. The third kappa shape index (κ3) is 2.47. The van der Waals surface area contributed by atoms with Gasteiger partial charge in [-0.15, -0.1) is 9.48 Å². The molecule has 0 N–H and O–H groups in total. The van der Waals surface area contributed by atoms with Crippen molar-refractivity contribution in [2.24, 2.45) is 4.47 Å². The fraction of sp³-hybridized carbons (Fsp3) is 0.0588. The van der Waals surface area contributed by atoms with Crippen LogP contribution in [-0.4, -0.2) is 21.0 Å². The van der Waals surface area contributed by atoms with E-state index in [1.165, 1.54) is 5.41 Å². The molecule has 1 heterocycles. The summed E-state index contributed by atoms with van der Waals surface area (Å²) in [5.41, 5.74) is 1.52. The number of imide groups is 1. The SMILES string of the molecule is C=CS(=O)(=NN1C(=O)c2ccccc2C1=O)c1ccc(C)cc1. The van der Waals surface area contributed by atoms with Crippen LogP contribution in [0.3, 0.4) is 0 Å². The quantitative estimate of drug-likeness (QED) is 0.814. The van der Waals surface area contributed by atoms with Crippen molar-refractivity contribution in [3.05, 3.63) is 77.2 Å². The molecule has 2 aromatic rings. The molecule has 6 heteroatoms. The summed E-state index contributed by atoms with van der Waals surface area (Å²) >= 11 is 0. The summed E-state index contributed by atoms with van der Waals surface area (Å²) < 4.78 is 17.0. The Morgan fingerprint density at radius 3 is 2.00 bits per heavy atom. The predicted molar refractivity (Wildman–Crippen MR) is 87.2 cm³/mol. The van der Waals surface area contributed by atoms with Crippen LogP contribution in [0.25, 0.3) is 0 Å². The second-order valence-corrected chi connectivity index (χ2v) is 7.20. The van der Waals surface area contributed by atoms with Gasteiger partial charge in [0.15, 0.2) is 0 Å². The molecule has 0 bridgehead atoms. The summed E-state index contributed by atoms with van der Waals surface area (Å²) in [6.45, 7) is 5.46. The van der Waals surface area contributed by atoms with Crippen molar-refractivity contribution >= 4 is 21.5 Å². The molecule has 0 radical (unpaired) electrons. The van der Waals surface area contributed by atoms with Gasteiger partial charge in [0, 0.05) is 5.41 Å². The Bertz CT molecular complexity index is 904. The average Bonchev–Trinajstić information content (AvgIpc) is 2.81. The second kappa shape index (κ2) is 5.48. The molecule has 2 aromatic carbocycles. The molecule has 0 spiro atoms. The first kappa shape index (κ1) is 15.2. The minimum Gasteiger partial charge on any atom is -0.267 e. The van der Waals surface area contributed by atoms with E-state index < -0.39 is 21.5 Å². The number of carbonyl (C=O) groups excluding carboxylic acids is 2. The van der Waals surface area contributed by atoms with Crippen LogP contribution in [0, 0.1) is 6.92 Å². The third-order valence-corrected chi connectivity index (χ3v) is 5.37. The van der Waals surface area contributed by atoms with Crippen molar-refractivity contribution in [2.75, 3.05) is 0 Å². The zero-order valence-corrected chi connectivity index (χ0v) is 13.2. The first-order valence-corrected chi connectivity index (χ1v) is 8.48. The van der Waals surface area contributed by atoms with Gasteiger partial charge in [-0.2, -0.15) is 0 Å². The number of fused-ring (bicyclic) bond motifs is 1. The Balaban J connectivity index is 2.12. The Hall–Kier alpha value is -2.73. The normalized spacial score (nSPS) is 16.0. The lowest BCUT2D eigenvalue weighted by molar-refractivity contribution is 0.0661. The molecule has 0 saturated carbocycles. The summed E-state index contributed by atoms with van der Waals surface area (Å²) in [4.78, 5) is 25.1. The summed E-state index contributed by atoms with van der Waals surface area (Å²) in [5.74, 6) is -1.15. The fourth-order valence-corrected chi connectivity index (χ4v) is 3.55. The molecule has 0 aromatic heterocycles. The molecule has 0 saturated heterocycles. The molecule has 116 valence electrons. The summed E-state index contributed by atoms with van der Waals surface area (Å²) in [6.07, 6.45) is 0. The Kier molecular flexibility index (Phi) is 3.61. The Morgan fingerprint density at radius 1 is 1.00 bits per heavy atom. The highest BCUT2D eigenvalue weighted by molar-refractivity contribution is 7.96. The monoisotopic (exact) mass is 326 g/mol. The van der Waals surface area contributed by atoms with Crippen molar-refractivity contribution < 1.29 is 13.8 Å². The topological polar surface area (TPSA) is 66.8 Å². The van der Waals surface area contributed by atoms with Crippen LogP contribution in [0.15, 0.2) is 69.9 Å². The van der Waals surface area contributed by atoms with Crippen molar-refractivity contribution in [1.29, 1.82) is 0 Å². The highest BCUT2D eigenvalue weighted by Crippen LogP contribution is 2.25. The highest BCUT2D eigenvalue weighted by atomic mass is 32.2. The van der Waals surface area contributed by atoms with E-state index in [-0.39, 0.29) is 11.1 Å². The van der Waals surface area contributed by atoms with E-state index in [2.05, 4.69) is 11.1 Å². The first-order chi connectivity index (χ1) is 11.0. The zero-order chi connectivity index (χ0) is 16.6. The van der Waals surface area contributed by atoms with Crippen LogP contribution in [0.2, 0.25) is 0 Å². The van der Waals surface area contributed by atoms with E-state index in [0.717, 1.165) is 5.56 Å². The van der Waals surface area contributed by atoms with Crippen molar-refractivity contribution in [3.63, 3.8) is 0 Å². The number of hydrogen-bond donors (Lipinski definition) is 0. The lowest BCUT2D eigenvalue weighted by Gasteiger charge is -2.11. The number of aryl methyl sites for hydroxylation is 1. The summed E-state index contributed by atoms with van der Waals surface area (Å²) in [7, 11) is -3.12. The largest absolute Gasteiger partial charge is 0.282 e. The lowest BCUT2D eigenvalue weighted by atomic mass is 10.1. The third-order valence-electron chi connectivity index (χ3n) is 3.56. The van der Waals surface area contributed by atoms with Crippen LogP contribution in [0.4, 0.5) is 0 Å². The molecular weight excluding hydrogens is 312 g/mol. The lowest BCUT2D eigenvalue weighted by Crippen LogP contribution is -2.25. The number of amides is 2. The molecule has 2 amide bonds. The minimum atomic E-state index is -3.12. The number of rotatable bonds is 3. The smallest absolute Gasteiger partial charge is 0.267 e. The molecule has 0 aliphatic carbocycles. The molecular formula is C17H14N2O3S. The van der Waals surface area contributed by atoms with Crippen LogP contribution in [0.5, 0.6) is 0 Å².